The number of hydrogen-bond donors (Lipinski definition) is 2. The van der Waals surface area contributed by atoms with Crippen LogP contribution in [-0.4, -0.2) is 38.0 Å². The molecule has 0 heterocycles. The zero-order valence-electron chi connectivity index (χ0n) is 10.4. The minimum atomic E-state index is -3.57. The first kappa shape index (κ1) is 13.8. The molecule has 1 aliphatic carbocycles. The highest BCUT2D eigenvalue weighted by molar-refractivity contribution is 7.94. The van der Waals surface area contributed by atoms with Crippen LogP contribution in [0.25, 0.3) is 0 Å². The number of benzene rings is 1. The van der Waals surface area contributed by atoms with Crippen LogP contribution in [0.3, 0.4) is 0 Å². The standard InChI is InChI=1S/C12H15NO5S/c1-18-8-12(5-6-12)19(16,17)13-10-4-2-3-9(7-10)11(14)15/h2-4,7,13H,5-6,8H2,1H3,(H,14,15). The summed E-state index contributed by atoms with van der Waals surface area (Å²) in [4.78, 5) is 10.8. The number of ether oxygens (including phenoxy) is 1. The van der Waals surface area contributed by atoms with Gasteiger partial charge in [0, 0.05) is 12.8 Å². The molecule has 0 atom stereocenters. The maximum absolute atomic E-state index is 12.2. The molecule has 1 fully saturated rings. The van der Waals surface area contributed by atoms with Gasteiger partial charge in [-0.25, -0.2) is 13.2 Å². The normalized spacial score (nSPS) is 16.9. The van der Waals surface area contributed by atoms with Crippen molar-refractivity contribution in [3.8, 4) is 0 Å². The number of nitrogens with one attached hydrogen (secondary N) is 1. The van der Waals surface area contributed by atoms with Crippen molar-refractivity contribution >= 4 is 21.7 Å². The summed E-state index contributed by atoms with van der Waals surface area (Å²) in [5.74, 6) is -1.10. The van der Waals surface area contributed by atoms with Crippen LogP contribution in [0.4, 0.5) is 5.69 Å². The predicted octanol–water partition coefficient (Wildman–Crippen LogP) is 1.31. The molecule has 2 rings (SSSR count). The molecule has 0 radical (unpaired) electrons. The van der Waals surface area contributed by atoms with Crippen LogP contribution in [0.2, 0.25) is 0 Å². The summed E-state index contributed by atoms with van der Waals surface area (Å²) >= 11 is 0. The van der Waals surface area contributed by atoms with Gasteiger partial charge < -0.3 is 9.84 Å². The van der Waals surface area contributed by atoms with Gasteiger partial charge in [0.15, 0.2) is 0 Å². The Balaban J connectivity index is 2.21. The van der Waals surface area contributed by atoms with E-state index >= 15 is 0 Å². The lowest BCUT2D eigenvalue weighted by Gasteiger charge is -2.17. The second-order valence-electron chi connectivity index (χ2n) is 4.61. The van der Waals surface area contributed by atoms with Crippen molar-refractivity contribution in [1.82, 2.24) is 0 Å². The van der Waals surface area contributed by atoms with E-state index < -0.39 is 20.7 Å². The van der Waals surface area contributed by atoms with E-state index in [9.17, 15) is 13.2 Å². The fraction of sp³-hybridized carbons (Fsp3) is 0.417. The number of anilines is 1. The number of sulfonamides is 1. The number of aromatic carboxylic acids is 1. The van der Waals surface area contributed by atoms with E-state index in [2.05, 4.69) is 4.72 Å². The number of carboxylic acid groups (broad SMARTS) is 1. The van der Waals surface area contributed by atoms with E-state index in [0.717, 1.165) is 0 Å². The van der Waals surface area contributed by atoms with Crippen LogP contribution in [0.5, 0.6) is 0 Å². The van der Waals surface area contributed by atoms with Gasteiger partial charge in [0.25, 0.3) is 0 Å². The molecule has 0 amide bonds. The minimum absolute atomic E-state index is 0.0387. The lowest BCUT2D eigenvalue weighted by Crippen LogP contribution is -2.33. The van der Waals surface area contributed by atoms with E-state index in [1.807, 2.05) is 0 Å². The van der Waals surface area contributed by atoms with Crippen molar-refractivity contribution in [2.75, 3.05) is 18.4 Å². The summed E-state index contributed by atoms with van der Waals surface area (Å²) in [5, 5.41) is 8.87. The highest BCUT2D eigenvalue weighted by atomic mass is 32.2. The SMILES string of the molecule is COCC1(S(=O)(=O)Nc2cccc(C(=O)O)c2)CC1. The summed E-state index contributed by atoms with van der Waals surface area (Å²) in [6, 6.07) is 5.72. The van der Waals surface area contributed by atoms with Crippen LogP contribution < -0.4 is 4.72 Å². The van der Waals surface area contributed by atoms with Crippen molar-refractivity contribution in [3.63, 3.8) is 0 Å². The predicted molar refractivity (Wildman–Crippen MR) is 69.8 cm³/mol. The van der Waals surface area contributed by atoms with Gasteiger partial charge in [0.1, 0.15) is 4.75 Å². The van der Waals surface area contributed by atoms with E-state index in [0.29, 0.717) is 12.8 Å². The quantitative estimate of drug-likeness (QED) is 0.822. The molecule has 7 heteroatoms. The molecule has 0 saturated heterocycles. The van der Waals surface area contributed by atoms with Crippen molar-refractivity contribution in [3.05, 3.63) is 29.8 Å². The van der Waals surface area contributed by atoms with Gasteiger partial charge in [0.05, 0.1) is 12.2 Å². The Morgan fingerprint density at radius 3 is 2.68 bits per heavy atom. The van der Waals surface area contributed by atoms with Gasteiger partial charge in [-0.15, -0.1) is 0 Å². The summed E-state index contributed by atoms with van der Waals surface area (Å²) in [6.45, 7) is 0.140. The Morgan fingerprint density at radius 1 is 1.47 bits per heavy atom. The number of carbonyl (C=O) groups is 1. The zero-order chi connectivity index (χ0) is 14.1. The fourth-order valence-electron chi connectivity index (χ4n) is 1.87. The Labute approximate surface area is 111 Å². The molecule has 0 bridgehead atoms. The molecule has 0 spiro atoms. The molecule has 0 aliphatic heterocycles. The summed E-state index contributed by atoms with van der Waals surface area (Å²) in [6.07, 6.45) is 1.10. The van der Waals surface area contributed by atoms with Crippen molar-refractivity contribution in [1.29, 1.82) is 0 Å². The lowest BCUT2D eigenvalue weighted by molar-refractivity contribution is 0.0697. The Morgan fingerprint density at radius 2 is 2.16 bits per heavy atom. The van der Waals surface area contributed by atoms with Crippen LogP contribution >= 0.6 is 0 Å². The van der Waals surface area contributed by atoms with Crippen molar-refractivity contribution in [2.45, 2.75) is 17.6 Å². The van der Waals surface area contributed by atoms with E-state index in [-0.39, 0.29) is 17.9 Å². The summed E-state index contributed by atoms with van der Waals surface area (Å²) in [7, 11) is -2.12. The van der Waals surface area contributed by atoms with Gasteiger partial charge in [-0.05, 0) is 31.0 Å². The van der Waals surface area contributed by atoms with Gasteiger partial charge in [-0.1, -0.05) is 6.07 Å². The fourth-order valence-corrected chi connectivity index (χ4v) is 3.44. The molecular formula is C12H15NO5S. The first-order chi connectivity index (χ1) is 8.90. The van der Waals surface area contributed by atoms with Crippen molar-refractivity contribution < 1.29 is 23.1 Å². The van der Waals surface area contributed by atoms with Gasteiger partial charge >= 0.3 is 5.97 Å². The molecular weight excluding hydrogens is 270 g/mol. The van der Waals surface area contributed by atoms with Crippen LogP contribution in [-0.2, 0) is 14.8 Å². The third kappa shape index (κ3) is 2.71. The monoisotopic (exact) mass is 285 g/mol. The maximum atomic E-state index is 12.2. The van der Waals surface area contributed by atoms with Crippen LogP contribution in [0, 0.1) is 0 Å². The molecule has 19 heavy (non-hydrogen) atoms. The number of hydrogen-bond acceptors (Lipinski definition) is 4. The molecule has 1 aliphatic rings. The van der Waals surface area contributed by atoms with Crippen molar-refractivity contribution in [2.24, 2.45) is 0 Å². The topological polar surface area (TPSA) is 92.7 Å². The lowest BCUT2D eigenvalue weighted by atomic mass is 10.2. The molecule has 0 unspecified atom stereocenters. The first-order valence-corrected chi connectivity index (χ1v) is 7.23. The number of rotatable bonds is 6. The molecule has 2 N–H and O–H groups in total. The number of carboxylic acids is 1. The minimum Gasteiger partial charge on any atom is -0.478 e. The highest BCUT2D eigenvalue weighted by Crippen LogP contribution is 2.44. The van der Waals surface area contributed by atoms with Gasteiger partial charge in [-0.2, -0.15) is 0 Å². The van der Waals surface area contributed by atoms with E-state index in [4.69, 9.17) is 9.84 Å². The molecule has 104 valence electrons. The van der Waals surface area contributed by atoms with Crippen LogP contribution in [0.1, 0.15) is 23.2 Å². The largest absolute Gasteiger partial charge is 0.478 e. The van der Waals surface area contributed by atoms with Gasteiger partial charge in [-0.3, -0.25) is 4.72 Å². The second kappa shape index (κ2) is 4.82. The molecule has 0 aromatic heterocycles. The highest BCUT2D eigenvalue weighted by Gasteiger charge is 2.54. The third-order valence-corrected chi connectivity index (χ3v) is 5.32. The molecule has 6 nitrogen and oxygen atoms in total. The Hall–Kier alpha value is -1.60. The maximum Gasteiger partial charge on any atom is 0.335 e. The average molecular weight is 285 g/mol. The van der Waals surface area contributed by atoms with Crippen LogP contribution in [0.15, 0.2) is 24.3 Å². The Kier molecular flexibility index (Phi) is 3.51. The van der Waals surface area contributed by atoms with E-state index in [1.54, 1.807) is 0 Å². The van der Waals surface area contributed by atoms with Gasteiger partial charge in [0.2, 0.25) is 10.0 Å². The summed E-state index contributed by atoms with van der Waals surface area (Å²) < 4.78 is 30.9. The third-order valence-electron chi connectivity index (χ3n) is 3.15. The number of methoxy groups -OCH3 is 1. The zero-order valence-corrected chi connectivity index (χ0v) is 11.2. The molecule has 1 saturated carbocycles. The van der Waals surface area contributed by atoms with E-state index in [1.165, 1.54) is 31.4 Å². The first-order valence-electron chi connectivity index (χ1n) is 5.75. The molecule has 1 aromatic rings. The second-order valence-corrected chi connectivity index (χ2v) is 6.68. The summed E-state index contributed by atoms with van der Waals surface area (Å²) in [5.41, 5.74) is 0.291. The average Bonchev–Trinajstić information content (AvgIpc) is 3.11. The Bertz CT molecular complexity index is 592. The smallest absolute Gasteiger partial charge is 0.335 e. The molecule has 1 aromatic carbocycles.